The quantitative estimate of drug-likeness (QED) is 0.526. The third kappa shape index (κ3) is 3.42. The van der Waals surface area contributed by atoms with Gasteiger partial charge in [0.25, 0.3) is 5.91 Å². The van der Waals surface area contributed by atoms with Gasteiger partial charge in [-0.25, -0.2) is 0 Å². The van der Waals surface area contributed by atoms with E-state index in [1.165, 1.54) is 6.42 Å². The van der Waals surface area contributed by atoms with Crippen molar-refractivity contribution < 1.29 is 31.1 Å². The normalized spacial score (nSPS) is 34.2. The fourth-order valence-corrected chi connectivity index (χ4v) is 6.87. The highest BCUT2D eigenvalue weighted by molar-refractivity contribution is 5.90. The monoisotopic (exact) mass is 460 g/mol. The third-order valence-electron chi connectivity index (χ3n) is 8.08. The van der Waals surface area contributed by atoms with Crippen molar-refractivity contribution >= 4 is 5.91 Å². The van der Waals surface area contributed by atoms with Crippen molar-refractivity contribution in [3.8, 4) is 0 Å². The smallest absolute Gasteiger partial charge is 0.271 e. The van der Waals surface area contributed by atoms with Crippen molar-refractivity contribution in [2.45, 2.75) is 76.4 Å². The molecule has 0 aromatic heterocycles. The van der Waals surface area contributed by atoms with E-state index in [-0.39, 0.29) is 30.1 Å². The minimum Gasteiger partial charge on any atom is -0.271 e. The van der Waals surface area contributed by atoms with Gasteiger partial charge in [-0.3, -0.25) is 9.80 Å². The zero-order chi connectivity index (χ0) is 23.2. The van der Waals surface area contributed by atoms with Gasteiger partial charge in [0.2, 0.25) is 0 Å². The van der Waals surface area contributed by atoms with E-state index in [2.05, 4.69) is 0 Å². The van der Waals surface area contributed by atoms with Crippen LogP contribution in [0.1, 0.15) is 62.6 Å². The molecule has 1 saturated heterocycles. The molecule has 176 valence electrons. The van der Waals surface area contributed by atoms with Crippen LogP contribution in [0.15, 0.2) is 18.2 Å². The lowest BCUT2D eigenvalue weighted by Gasteiger charge is -2.65. The SMILES string of the molecule is CC1(C)C(=O)N(C2C3CC4CC(C3)CC2C4)N1Cc1cc(C(F)(F)F)cc(C(F)(F)F)c1. The molecule has 32 heavy (non-hydrogen) atoms. The Morgan fingerprint density at radius 3 is 1.75 bits per heavy atom. The summed E-state index contributed by atoms with van der Waals surface area (Å²) in [7, 11) is 0. The van der Waals surface area contributed by atoms with E-state index in [0.29, 0.717) is 23.7 Å². The van der Waals surface area contributed by atoms with E-state index >= 15 is 0 Å². The Morgan fingerprint density at radius 1 is 0.844 bits per heavy atom. The predicted octanol–water partition coefficient (Wildman–Crippen LogP) is 5.89. The molecule has 4 saturated carbocycles. The molecular formula is C23H26F6N2O. The molecule has 0 spiro atoms. The number of carbonyl (C=O) groups is 1. The number of carbonyl (C=O) groups excluding carboxylic acids is 1. The molecule has 0 N–H and O–H groups in total. The standard InChI is InChI=1S/C23H26F6N2O/c1-21(2)20(32)31(19-15-4-12-3-13(6-15)7-16(19)5-12)30(21)11-14-8-17(22(24,25)26)10-18(9-14)23(27,28)29/h8-10,12-13,15-16,19H,3-7,11H2,1-2H3. The maximum Gasteiger partial charge on any atom is 0.416 e. The second-order valence-electron chi connectivity index (χ2n) is 10.6. The number of alkyl halides is 6. The summed E-state index contributed by atoms with van der Waals surface area (Å²) in [6.07, 6.45) is -4.33. The highest BCUT2D eigenvalue weighted by Gasteiger charge is 2.60. The summed E-state index contributed by atoms with van der Waals surface area (Å²) < 4.78 is 79.8. The number of rotatable bonds is 3. The van der Waals surface area contributed by atoms with Gasteiger partial charge in [-0.15, -0.1) is 0 Å². The van der Waals surface area contributed by atoms with Crippen LogP contribution in [0.5, 0.6) is 0 Å². The summed E-state index contributed by atoms with van der Waals surface area (Å²) in [5, 5.41) is 3.37. The fraction of sp³-hybridized carbons (Fsp3) is 0.696. The minimum atomic E-state index is -4.89. The predicted molar refractivity (Wildman–Crippen MR) is 104 cm³/mol. The van der Waals surface area contributed by atoms with Crippen LogP contribution >= 0.6 is 0 Å². The van der Waals surface area contributed by atoms with Crippen LogP contribution in [0, 0.1) is 23.7 Å². The molecule has 9 heteroatoms. The molecule has 0 atom stereocenters. The van der Waals surface area contributed by atoms with Gasteiger partial charge in [0.05, 0.1) is 17.2 Å². The van der Waals surface area contributed by atoms with Gasteiger partial charge in [-0.2, -0.15) is 31.4 Å². The Morgan fingerprint density at radius 2 is 1.31 bits per heavy atom. The Hall–Kier alpha value is -1.77. The highest BCUT2D eigenvalue weighted by Crippen LogP contribution is 2.57. The topological polar surface area (TPSA) is 23.6 Å². The van der Waals surface area contributed by atoms with Crippen LogP contribution < -0.4 is 0 Å². The summed E-state index contributed by atoms with van der Waals surface area (Å²) in [6.45, 7) is 3.19. The Balaban J connectivity index is 1.47. The van der Waals surface area contributed by atoms with Crippen LogP contribution in [0.3, 0.4) is 0 Å². The average Bonchev–Trinajstić information content (AvgIpc) is 2.67. The lowest BCUT2D eigenvalue weighted by Crippen LogP contribution is -2.79. The molecular weight excluding hydrogens is 434 g/mol. The number of benzene rings is 1. The first-order valence-corrected chi connectivity index (χ1v) is 11.1. The summed E-state index contributed by atoms with van der Waals surface area (Å²) >= 11 is 0. The number of halogens is 6. The van der Waals surface area contributed by atoms with E-state index in [4.69, 9.17) is 0 Å². The molecule has 1 amide bonds. The Bertz CT molecular complexity index is 877. The molecule has 1 aromatic rings. The van der Waals surface area contributed by atoms with Gasteiger partial charge in [-0.05, 0) is 93.4 Å². The molecule has 0 unspecified atom stereocenters. The van der Waals surface area contributed by atoms with Gasteiger partial charge >= 0.3 is 12.4 Å². The van der Waals surface area contributed by atoms with E-state index in [0.717, 1.165) is 37.8 Å². The Labute approximate surface area is 182 Å². The number of hydrazine groups is 1. The molecule has 4 bridgehead atoms. The number of hydrogen-bond donors (Lipinski definition) is 0. The lowest BCUT2D eigenvalue weighted by atomic mass is 9.53. The number of hydrogen-bond acceptors (Lipinski definition) is 2. The molecule has 1 aliphatic heterocycles. The first-order valence-electron chi connectivity index (χ1n) is 11.1. The van der Waals surface area contributed by atoms with Crippen molar-refractivity contribution in [2.75, 3.05) is 0 Å². The molecule has 0 radical (unpaired) electrons. The van der Waals surface area contributed by atoms with Gasteiger partial charge in [0.1, 0.15) is 5.54 Å². The highest BCUT2D eigenvalue weighted by atomic mass is 19.4. The fourth-order valence-electron chi connectivity index (χ4n) is 6.87. The molecule has 1 aromatic carbocycles. The van der Waals surface area contributed by atoms with Gasteiger partial charge < -0.3 is 0 Å². The molecule has 3 nitrogen and oxygen atoms in total. The van der Waals surface area contributed by atoms with Gasteiger partial charge in [0, 0.05) is 6.54 Å². The number of nitrogens with zero attached hydrogens (tertiary/aromatic N) is 2. The summed E-state index contributed by atoms with van der Waals surface area (Å²) in [4.78, 5) is 13.1. The summed E-state index contributed by atoms with van der Waals surface area (Å²) in [6, 6.07) is 1.67. The molecule has 5 fully saturated rings. The molecule has 4 aliphatic carbocycles. The van der Waals surface area contributed by atoms with Crippen molar-refractivity contribution in [2.24, 2.45) is 23.7 Å². The van der Waals surface area contributed by atoms with Crippen LogP contribution in [-0.2, 0) is 23.7 Å². The summed E-state index contributed by atoms with van der Waals surface area (Å²) in [5.74, 6) is 1.99. The first-order chi connectivity index (χ1) is 14.7. The lowest BCUT2D eigenvalue weighted by molar-refractivity contribution is -0.251. The average molecular weight is 460 g/mol. The zero-order valence-corrected chi connectivity index (χ0v) is 17.9. The van der Waals surface area contributed by atoms with Crippen LogP contribution in [0.4, 0.5) is 26.3 Å². The van der Waals surface area contributed by atoms with E-state index < -0.39 is 29.0 Å². The van der Waals surface area contributed by atoms with E-state index in [1.54, 1.807) is 23.9 Å². The van der Waals surface area contributed by atoms with Crippen LogP contribution in [0.2, 0.25) is 0 Å². The zero-order valence-electron chi connectivity index (χ0n) is 17.9. The van der Waals surface area contributed by atoms with Crippen LogP contribution in [-0.4, -0.2) is 27.5 Å². The van der Waals surface area contributed by atoms with Gasteiger partial charge in [-0.1, -0.05) is 0 Å². The van der Waals surface area contributed by atoms with Crippen molar-refractivity contribution in [3.63, 3.8) is 0 Å². The largest absolute Gasteiger partial charge is 0.416 e. The van der Waals surface area contributed by atoms with E-state index in [1.807, 2.05) is 0 Å². The van der Waals surface area contributed by atoms with Crippen molar-refractivity contribution in [1.82, 2.24) is 10.0 Å². The molecule has 1 heterocycles. The first kappa shape index (κ1) is 22.0. The molecule has 6 rings (SSSR count). The summed E-state index contributed by atoms with van der Waals surface area (Å²) in [5.41, 5.74) is -3.72. The second kappa shape index (κ2) is 6.87. The molecule has 5 aliphatic rings. The van der Waals surface area contributed by atoms with Crippen LogP contribution in [0.25, 0.3) is 0 Å². The van der Waals surface area contributed by atoms with Crippen molar-refractivity contribution in [1.29, 1.82) is 0 Å². The number of amides is 1. The second-order valence-corrected chi connectivity index (χ2v) is 10.6. The van der Waals surface area contributed by atoms with Crippen molar-refractivity contribution in [3.05, 3.63) is 34.9 Å². The maximum absolute atomic E-state index is 13.3. The van der Waals surface area contributed by atoms with E-state index in [9.17, 15) is 31.1 Å². The Kier molecular flexibility index (Phi) is 4.73. The minimum absolute atomic E-state index is 0.00351. The maximum atomic E-state index is 13.3. The van der Waals surface area contributed by atoms with Gasteiger partial charge in [0.15, 0.2) is 0 Å². The third-order valence-corrected chi connectivity index (χ3v) is 8.08.